The molecule has 6 heteroatoms. The largest absolute Gasteiger partial charge is 0.352 e. The summed E-state index contributed by atoms with van der Waals surface area (Å²) in [5.74, 6) is -0.0541. The fourth-order valence-corrected chi connectivity index (χ4v) is 3.94. The summed E-state index contributed by atoms with van der Waals surface area (Å²) in [6, 6.07) is 15.3. The van der Waals surface area contributed by atoms with Gasteiger partial charge in [0.2, 0.25) is 0 Å². The normalized spacial score (nSPS) is 15.4. The van der Waals surface area contributed by atoms with Crippen molar-refractivity contribution in [2.24, 2.45) is 0 Å². The third-order valence-electron chi connectivity index (χ3n) is 5.74. The maximum Gasteiger partial charge on any atom is 0.252 e. The van der Waals surface area contributed by atoms with E-state index >= 15 is 0 Å². The molecular formula is C24H29N5O. The number of benzene rings is 1. The highest BCUT2D eigenvalue weighted by Gasteiger charge is 2.16. The molecule has 0 atom stereocenters. The molecule has 6 nitrogen and oxygen atoms in total. The van der Waals surface area contributed by atoms with Gasteiger partial charge in [0.05, 0.1) is 22.5 Å². The lowest BCUT2D eigenvalue weighted by atomic mass is 10.1. The predicted octanol–water partition coefficient (Wildman–Crippen LogP) is 3.05. The second kappa shape index (κ2) is 9.78. The summed E-state index contributed by atoms with van der Waals surface area (Å²) < 4.78 is 0. The number of likely N-dealkylation sites (N-methyl/N-ethyl adjacent to an activating group) is 1. The SMILES string of the molecule is CCN1CCN(CCCNC(=O)c2cc(-c3ccccn3)nc3ccccc23)CC1. The first-order chi connectivity index (χ1) is 14.7. The Morgan fingerprint density at radius 1 is 1.00 bits per heavy atom. The molecule has 4 rings (SSSR count). The first-order valence-corrected chi connectivity index (χ1v) is 10.8. The van der Waals surface area contributed by atoms with Gasteiger partial charge in [-0.3, -0.25) is 9.78 Å². The van der Waals surface area contributed by atoms with Crippen molar-refractivity contribution in [3.05, 3.63) is 60.3 Å². The molecule has 3 aromatic rings. The van der Waals surface area contributed by atoms with Crippen LogP contribution >= 0.6 is 0 Å². The third-order valence-corrected chi connectivity index (χ3v) is 5.74. The van der Waals surface area contributed by atoms with Gasteiger partial charge in [-0.15, -0.1) is 0 Å². The van der Waals surface area contributed by atoms with Crippen molar-refractivity contribution in [3.8, 4) is 11.4 Å². The summed E-state index contributed by atoms with van der Waals surface area (Å²) in [4.78, 5) is 27.1. The third kappa shape index (κ3) is 4.83. The smallest absolute Gasteiger partial charge is 0.252 e. The number of pyridine rings is 2. The van der Waals surface area contributed by atoms with Crippen molar-refractivity contribution in [1.29, 1.82) is 0 Å². The Bertz CT molecular complexity index is 983. The van der Waals surface area contributed by atoms with Gasteiger partial charge in [-0.1, -0.05) is 31.2 Å². The van der Waals surface area contributed by atoms with Crippen LogP contribution < -0.4 is 5.32 Å². The number of aromatic nitrogens is 2. The van der Waals surface area contributed by atoms with Gasteiger partial charge in [0.15, 0.2) is 0 Å². The van der Waals surface area contributed by atoms with E-state index in [1.165, 1.54) is 0 Å². The first-order valence-electron chi connectivity index (χ1n) is 10.8. The highest BCUT2D eigenvalue weighted by atomic mass is 16.1. The van der Waals surface area contributed by atoms with Crippen molar-refractivity contribution < 1.29 is 4.79 Å². The molecule has 1 aliphatic rings. The summed E-state index contributed by atoms with van der Waals surface area (Å²) in [5, 5.41) is 3.97. The number of amides is 1. The molecule has 0 spiro atoms. The second-order valence-electron chi connectivity index (χ2n) is 7.67. The number of fused-ring (bicyclic) bond motifs is 1. The molecule has 3 heterocycles. The van der Waals surface area contributed by atoms with Crippen molar-refractivity contribution >= 4 is 16.8 Å². The van der Waals surface area contributed by atoms with Crippen LogP contribution in [-0.2, 0) is 0 Å². The van der Waals surface area contributed by atoms with Gasteiger partial charge >= 0.3 is 0 Å². The van der Waals surface area contributed by atoms with Crippen LogP contribution in [-0.4, -0.2) is 71.5 Å². The number of hydrogen-bond donors (Lipinski definition) is 1. The number of rotatable bonds is 7. The zero-order valence-electron chi connectivity index (χ0n) is 17.6. The fourth-order valence-electron chi connectivity index (χ4n) is 3.94. The van der Waals surface area contributed by atoms with Gasteiger partial charge in [0.1, 0.15) is 0 Å². The van der Waals surface area contributed by atoms with E-state index in [4.69, 9.17) is 4.98 Å². The highest BCUT2D eigenvalue weighted by molar-refractivity contribution is 6.07. The molecule has 0 radical (unpaired) electrons. The van der Waals surface area contributed by atoms with Crippen molar-refractivity contribution in [3.63, 3.8) is 0 Å². The molecule has 1 aliphatic heterocycles. The van der Waals surface area contributed by atoms with E-state index in [9.17, 15) is 4.79 Å². The van der Waals surface area contributed by atoms with Crippen molar-refractivity contribution in [1.82, 2.24) is 25.1 Å². The maximum absolute atomic E-state index is 13.0. The molecule has 2 aromatic heterocycles. The Hall–Kier alpha value is -2.83. The van der Waals surface area contributed by atoms with E-state index in [0.29, 0.717) is 17.8 Å². The minimum atomic E-state index is -0.0541. The molecule has 1 aromatic carbocycles. The molecule has 1 N–H and O–H groups in total. The number of hydrogen-bond acceptors (Lipinski definition) is 5. The van der Waals surface area contributed by atoms with Crippen LogP contribution in [0.3, 0.4) is 0 Å². The van der Waals surface area contributed by atoms with E-state index in [0.717, 1.165) is 62.3 Å². The molecule has 0 unspecified atom stereocenters. The van der Waals surface area contributed by atoms with Crippen molar-refractivity contribution in [2.45, 2.75) is 13.3 Å². The molecule has 1 amide bonds. The molecule has 156 valence electrons. The number of para-hydroxylation sites is 1. The van der Waals surface area contributed by atoms with Crippen LogP contribution in [0.5, 0.6) is 0 Å². The number of nitrogens with one attached hydrogen (secondary N) is 1. The van der Waals surface area contributed by atoms with Gasteiger partial charge in [0.25, 0.3) is 5.91 Å². The number of carbonyl (C=O) groups is 1. The van der Waals surface area contributed by atoms with Crippen LogP contribution in [0.1, 0.15) is 23.7 Å². The van der Waals surface area contributed by atoms with E-state index in [1.807, 2.05) is 48.5 Å². The highest BCUT2D eigenvalue weighted by Crippen LogP contribution is 2.23. The summed E-state index contributed by atoms with van der Waals surface area (Å²) >= 11 is 0. The standard InChI is InChI=1S/C24H29N5O/c1-2-28-14-16-29(17-15-28)13-7-12-26-24(30)20-18-23(22-10-5-6-11-25-22)27-21-9-4-3-8-19(20)21/h3-6,8-11,18H,2,7,12-17H2,1H3,(H,26,30). The summed E-state index contributed by atoms with van der Waals surface area (Å²) in [7, 11) is 0. The van der Waals surface area contributed by atoms with Gasteiger partial charge < -0.3 is 15.1 Å². The van der Waals surface area contributed by atoms with E-state index in [-0.39, 0.29) is 5.91 Å². The van der Waals surface area contributed by atoms with Gasteiger partial charge in [-0.25, -0.2) is 4.98 Å². The summed E-state index contributed by atoms with van der Waals surface area (Å²) in [6.45, 7) is 9.55. The van der Waals surface area contributed by atoms with Crippen LogP contribution in [0.15, 0.2) is 54.7 Å². The summed E-state index contributed by atoms with van der Waals surface area (Å²) in [6.07, 6.45) is 2.69. The maximum atomic E-state index is 13.0. The Kier molecular flexibility index (Phi) is 6.67. The van der Waals surface area contributed by atoms with Crippen LogP contribution in [0.4, 0.5) is 0 Å². The van der Waals surface area contributed by atoms with E-state index in [2.05, 4.69) is 27.0 Å². The topological polar surface area (TPSA) is 61.4 Å². The molecule has 0 aliphatic carbocycles. The lowest BCUT2D eigenvalue weighted by molar-refractivity contribution is 0.0950. The van der Waals surface area contributed by atoms with Crippen LogP contribution in [0.25, 0.3) is 22.3 Å². The molecule has 1 saturated heterocycles. The number of piperazine rings is 1. The Morgan fingerprint density at radius 2 is 1.77 bits per heavy atom. The average molecular weight is 404 g/mol. The average Bonchev–Trinajstić information content (AvgIpc) is 2.82. The lowest BCUT2D eigenvalue weighted by Gasteiger charge is -2.33. The quantitative estimate of drug-likeness (QED) is 0.615. The monoisotopic (exact) mass is 403 g/mol. The van der Waals surface area contributed by atoms with E-state index < -0.39 is 0 Å². The van der Waals surface area contributed by atoms with Crippen molar-refractivity contribution in [2.75, 3.05) is 45.8 Å². The first kappa shape index (κ1) is 20.4. The molecular weight excluding hydrogens is 374 g/mol. The second-order valence-corrected chi connectivity index (χ2v) is 7.67. The van der Waals surface area contributed by atoms with Crippen LogP contribution in [0.2, 0.25) is 0 Å². The predicted molar refractivity (Wildman–Crippen MR) is 120 cm³/mol. The van der Waals surface area contributed by atoms with Gasteiger partial charge in [-0.2, -0.15) is 0 Å². The van der Waals surface area contributed by atoms with Crippen LogP contribution in [0, 0.1) is 0 Å². The zero-order valence-corrected chi connectivity index (χ0v) is 17.6. The van der Waals surface area contributed by atoms with Gasteiger partial charge in [0, 0.05) is 44.3 Å². The number of carbonyl (C=O) groups excluding carboxylic acids is 1. The molecule has 30 heavy (non-hydrogen) atoms. The Morgan fingerprint density at radius 3 is 2.53 bits per heavy atom. The molecule has 0 bridgehead atoms. The number of nitrogens with zero attached hydrogens (tertiary/aromatic N) is 4. The van der Waals surface area contributed by atoms with Gasteiger partial charge in [-0.05, 0) is 43.8 Å². The fraction of sp³-hybridized carbons (Fsp3) is 0.375. The zero-order chi connectivity index (χ0) is 20.8. The molecule has 0 saturated carbocycles. The Balaban J connectivity index is 1.41. The molecule has 1 fully saturated rings. The van der Waals surface area contributed by atoms with E-state index in [1.54, 1.807) is 6.20 Å². The Labute approximate surface area is 177 Å². The minimum Gasteiger partial charge on any atom is -0.352 e. The summed E-state index contributed by atoms with van der Waals surface area (Å²) in [5.41, 5.74) is 2.94. The lowest BCUT2D eigenvalue weighted by Crippen LogP contribution is -2.46. The minimum absolute atomic E-state index is 0.0541.